The fourth-order valence-corrected chi connectivity index (χ4v) is 1.51. The van der Waals surface area contributed by atoms with Gasteiger partial charge in [-0.25, -0.2) is 0 Å². The zero-order valence-electron chi connectivity index (χ0n) is 7.54. The van der Waals surface area contributed by atoms with Crippen LogP contribution in [0.2, 0.25) is 0 Å². The Hall–Kier alpha value is -1.70. The Labute approximate surface area is 77.2 Å². The van der Waals surface area contributed by atoms with Crippen LogP contribution in [0.4, 0.5) is 11.4 Å². The molecule has 0 spiro atoms. The molecule has 0 saturated heterocycles. The summed E-state index contributed by atoms with van der Waals surface area (Å²) < 4.78 is 0. The van der Waals surface area contributed by atoms with Crippen LogP contribution in [0.15, 0.2) is 30.3 Å². The van der Waals surface area contributed by atoms with Gasteiger partial charge in [0.25, 0.3) is 0 Å². The average molecular weight is 172 g/mol. The van der Waals surface area contributed by atoms with Crippen LogP contribution >= 0.6 is 0 Å². The highest BCUT2D eigenvalue weighted by Crippen LogP contribution is 2.26. The van der Waals surface area contributed by atoms with E-state index in [2.05, 4.69) is 6.07 Å². The van der Waals surface area contributed by atoms with Crippen LogP contribution in [-0.2, 0) is 0 Å². The lowest BCUT2D eigenvalue weighted by atomic mass is 10.0. The molecule has 0 aliphatic carbocycles. The number of nitrogen functional groups attached to an aromatic ring is 2. The Balaban J connectivity index is 2.92. The quantitative estimate of drug-likeness (QED) is 0.599. The SMILES string of the molecule is Cc1ccc2c(N)ccc(N)c2c1. The normalized spacial score (nSPS) is 10.5. The number of nitrogens with two attached hydrogens (primary N) is 2. The van der Waals surface area contributed by atoms with E-state index in [1.54, 1.807) is 0 Å². The van der Waals surface area contributed by atoms with Crippen molar-refractivity contribution in [1.82, 2.24) is 0 Å². The molecule has 0 fully saturated rings. The van der Waals surface area contributed by atoms with Crippen molar-refractivity contribution < 1.29 is 0 Å². The summed E-state index contributed by atoms with van der Waals surface area (Å²) in [5.41, 5.74) is 14.4. The lowest BCUT2D eigenvalue weighted by Gasteiger charge is -2.05. The van der Waals surface area contributed by atoms with Crippen molar-refractivity contribution in [2.24, 2.45) is 0 Å². The molecule has 0 amide bonds. The molecule has 0 aromatic heterocycles. The number of anilines is 2. The monoisotopic (exact) mass is 172 g/mol. The van der Waals surface area contributed by atoms with E-state index in [9.17, 15) is 0 Å². The molecular formula is C11H12N2. The molecule has 0 radical (unpaired) electrons. The largest absolute Gasteiger partial charge is 0.398 e. The molecule has 2 aromatic carbocycles. The van der Waals surface area contributed by atoms with Gasteiger partial charge in [0.1, 0.15) is 0 Å². The zero-order chi connectivity index (χ0) is 9.42. The summed E-state index contributed by atoms with van der Waals surface area (Å²) in [4.78, 5) is 0. The van der Waals surface area contributed by atoms with E-state index < -0.39 is 0 Å². The summed E-state index contributed by atoms with van der Waals surface area (Å²) >= 11 is 0. The maximum Gasteiger partial charge on any atom is 0.0395 e. The van der Waals surface area contributed by atoms with Crippen molar-refractivity contribution in [3.8, 4) is 0 Å². The van der Waals surface area contributed by atoms with Crippen molar-refractivity contribution in [1.29, 1.82) is 0 Å². The van der Waals surface area contributed by atoms with Crippen LogP contribution in [0.25, 0.3) is 10.8 Å². The minimum Gasteiger partial charge on any atom is -0.398 e. The molecule has 0 saturated carbocycles. The van der Waals surface area contributed by atoms with E-state index in [0.29, 0.717) is 0 Å². The zero-order valence-corrected chi connectivity index (χ0v) is 7.54. The third-order valence-electron chi connectivity index (χ3n) is 2.24. The van der Waals surface area contributed by atoms with Gasteiger partial charge in [-0.1, -0.05) is 17.7 Å². The van der Waals surface area contributed by atoms with Gasteiger partial charge in [0.2, 0.25) is 0 Å². The minimum absolute atomic E-state index is 0.782. The van der Waals surface area contributed by atoms with Crippen LogP contribution in [0.3, 0.4) is 0 Å². The molecule has 66 valence electrons. The second-order valence-electron chi connectivity index (χ2n) is 3.29. The van der Waals surface area contributed by atoms with E-state index in [0.717, 1.165) is 22.1 Å². The summed E-state index contributed by atoms with van der Waals surface area (Å²) in [6, 6.07) is 9.79. The Bertz CT molecular complexity index is 461. The standard InChI is InChI=1S/C11H12N2/c1-7-2-3-8-9(6-7)11(13)5-4-10(8)12/h2-6H,12-13H2,1H3. The van der Waals surface area contributed by atoms with Gasteiger partial charge in [-0.15, -0.1) is 0 Å². The average Bonchev–Trinajstić information content (AvgIpc) is 2.12. The molecule has 0 heterocycles. The molecule has 0 aliphatic heterocycles. The van der Waals surface area contributed by atoms with Gasteiger partial charge in [0, 0.05) is 22.1 Å². The highest BCUT2D eigenvalue weighted by atomic mass is 14.6. The molecule has 2 nitrogen and oxygen atoms in total. The Morgan fingerprint density at radius 3 is 2.15 bits per heavy atom. The fraction of sp³-hybridized carbons (Fsp3) is 0.0909. The van der Waals surface area contributed by atoms with Crippen LogP contribution < -0.4 is 11.5 Å². The van der Waals surface area contributed by atoms with Crippen LogP contribution in [0.5, 0.6) is 0 Å². The van der Waals surface area contributed by atoms with Crippen LogP contribution in [0.1, 0.15) is 5.56 Å². The maximum absolute atomic E-state index is 5.84. The van der Waals surface area contributed by atoms with Crippen molar-refractivity contribution in [3.63, 3.8) is 0 Å². The summed E-state index contributed by atoms with van der Waals surface area (Å²) in [6.07, 6.45) is 0. The van der Waals surface area contributed by atoms with E-state index in [-0.39, 0.29) is 0 Å². The molecular weight excluding hydrogens is 160 g/mol. The third kappa shape index (κ3) is 1.20. The molecule has 0 aliphatic rings. The van der Waals surface area contributed by atoms with Gasteiger partial charge in [0.05, 0.1) is 0 Å². The lowest BCUT2D eigenvalue weighted by Crippen LogP contribution is -1.92. The van der Waals surface area contributed by atoms with Crippen molar-refractivity contribution in [2.75, 3.05) is 11.5 Å². The summed E-state index contributed by atoms with van der Waals surface area (Å²) in [6.45, 7) is 2.04. The second-order valence-corrected chi connectivity index (χ2v) is 3.29. The van der Waals surface area contributed by atoms with Gasteiger partial charge in [-0.05, 0) is 25.1 Å². The molecule has 13 heavy (non-hydrogen) atoms. The highest BCUT2D eigenvalue weighted by Gasteiger charge is 2.00. The predicted octanol–water partition coefficient (Wildman–Crippen LogP) is 2.31. The molecule has 0 atom stereocenters. The Morgan fingerprint density at radius 2 is 1.46 bits per heavy atom. The first-order valence-corrected chi connectivity index (χ1v) is 4.23. The van der Waals surface area contributed by atoms with E-state index in [4.69, 9.17) is 11.5 Å². The van der Waals surface area contributed by atoms with Crippen LogP contribution in [-0.4, -0.2) is 0 Å². The highest BCUT2D eigenvalue weighted by molar-refractivity contribution is 6.00. The van der Waals surface area contributed by atoms with E-state index >= 15 is 0 Å². The van der Waals surface area contributed by atoms with Gasteiger partial charge >= 0.3 is 0 Å². The first-order valence-electron chi connectivity index (χ1n) is 4.23. The topological polar surface area (TPSA) is 52.0 Å². The van der Waals surface area contributed by atoms with E-state index in [1.807, 2.05) is 31.2 Å². The second kappa shape index (κ2) is 2.66. The molecule has 2 aromatic rings. The minimum atomic E-state index is 0.782. The number of aryl methyl sites for hydroxylation is 1. The summed E-state index contributed by atoms with van der Waals surface area (Å²) in [7, 11) is 0. The number of fused-ring (bicyclic) bond motifs is 1. The van der Waals surface area contributed by atoms with E-state index in [1.165, 1.54) is 5.56 Å². The maximum atomic E-state index is 5.84. The third-order valence-corrected chi connectivity index (χ3v) is 2.24. The Morgan fingerprint density at radius 1 is 0.846 bits per heavy atom. The first kappa shape index (κ1) is 7.92. The van der Waals surface area contributed by atoms with Crippen LogP contribution in [0, 0.1) is 6.92 Å². The smallest absolute Gasteiger partial charge is 0.0395 e. The lowest BCUT2D eigenvalue weighted by molar-refractivity contribution is 1.51. The Kier molecular flexibility index (Phi) is 1.62. The molecule has 2 heteroatoms. The van der Waals surface area contributed by atoms with Crippen molar-refractivity contribution in [3.05, 3.63) is 35.9 Å². The fourth-order valence-electron chi connectivity index (χ4n) is 1.51. The molecule has 0 unspecified atom stereocenters. The number of rotatable bonds is 0. The van der Waals surface area contributed by atoms with Gasteiger partial charge < -0.3 is 11.5 Å². The summed E-state index contributed by atoms with van der Waals surface area (Å²) in [5.74, 6) is 0. The number of benzene rings is 2. The first-order chi connectivity index (χ1) is 6.18. The summed E-state index contributed by atoms with van der Waals surface area (Å²) in [5, 5.41) is 2.07. The number of hydrogen-bond donors (Lipinski definition) is 2. The van der Waals surface area contributed by atoms with Crippen molar-refractivity contribution >= 4 is 22.1 Å². The predicted molar refractivity (Wildman–Crippen MR) is 57.5 cm³/mol. The molecule has 2 rings (SSSR count). The molecule has 4 N–H and O–H groups in total. The molecule has 0 bridgehead atoms. The van der Waals surface area contributed by atoms with Crippen molar-refractivity contribution in [2.45, 2.75) is 6.92 Å². The number of hydrogen-bond acceptors (Lipinski definition) is 2. The van der Waals surface area contributed by atoms with Gasteiger partial charge in [-0.2, -0.15) is 0 Å². The van der Waals surface area contributed by atoms with Gasteiger partial charge in [0.15, 0.2) is 0 Å². The van der Waals surface area contributed by atoms with Gasteiger partial charge in [-0.3, -0.25) is 0 Å².